The molecule has 1 heterocycles. The van der Waals surface area contributed by atoms with Crippen LogP contribution in [0.15, 0.2) is 18.2 Å². The van der Waals surface area contributed by atoms with Crippen LogP contribution in [-0.2, 0) is 4.79 Å². The smallest absolute Gasteiger partial charge is 0.293 e. The number of hydrogen-bond donors (Lipinski definition) is 1. The fourth-order valence-electron chi connectivity index (χ4n) is 2.59. The van der Waals surface area contributed by atoms with Gasteiger partial charge in [0, 0.05) is 12.1 Å². The van der Waals surface area contributed by atoms with Crippen LogP contribution >= 0.6 is 0 Å². The summed E-state index contributed by atoms with van der Waals surface area (Å²) in [6.07, 6.45) is 4.22. The predicted molar refractivity (Wildman–Crippen MR) is 87.8 cm³/mol. The molecule has 0 radical (unpaired) electrons. The van der Waals surface area contributed by atoms with Gasteiger partial charge in [0.2, 0.25) is 5.91 Å². The number of nitro groups is 1. The van der Waals surface area contributed by atoms with E-state index in [0.29, 0.717) is 12.4 Å². The Bertz CT molecular complexity index is 556. The molecule has 1 aliphatic rings. The van der Waals surface area contributed by atoms with Gasteiger partial charge in [0.25, 0.3) is 5.69 Å². The first-order chi connectivity index (χ1) is 11.1. The second-order valence-corrected chi connectivity index (χ2v) is 5.67. The summed E-state index contributed by atoms with van der Waals surface area (Å²) in [6, 6.07) is 4.43. The second-order valence-electron chi connectivity index (χ2n) is 5.67. The van der Waals surface area contributed by atoms with E-state index in [4.69, 9.17) is 4.74 Å². The van der Waals surface area contributed by atoms with Crippen molar-refractivity contribution in [3.05, 3.63) is 28.3 Å². The number of likely N-dealkylation sites (tertiary alicyclic amines) is 1. The van der Waals surface area contributed by atoms with Crippen molar-refractivity contribution in [3.8, 4) is 5.75 Å². The van der Waals surface area contributed by atoms with Crippen molar-refractivity contribution >= 4 is 17.3 Å². The summed E-state index contributed by atoms with van der Waals surface area (Å²) in [5, 5.41) is 13.8. The summed E-state index contributed by atoms with van der Waals surface area (Å²) in [5.74, 6) is 0.286. The summed E-state index contributed by atoms with van der Waals surface area (Å²) in [6.45, 7) is 4.56. The highest BCUT2D eigenvalue weighted by molar-refractivity contribution is 5.94. The molecule has 1 aromatic carbocycles. The molecule has 126 valence electrons. The molecule has 1 saturated heterocycles. The first kappa shape index (κ1) is 17.2. The molecule has 2 rings (SSSR count). The van der Waals surface area contributed by atoms with Gasteiger partial charge in [-0.2, -0.15) is 0 Å². The minimum Gasteiger partial charge on any atom is -0.494 e. The minimum absolute atomic E-state index is 0.124. The highest BCUT2D eigenvalue weighted by Gasteiger charge is 2.19. The number of nitro benzene ring substituents is 1. The Kier molecular flexibility index (Phi) is 6.34. The fraction of sp³-hybridized carbons (Fsp3) is 0.562. The van der Waals surface area contributed by atoms with E-state index in [1.807, 2.05) is 6.92 Å². The molecule has 1 amide bonds. The molecular formula is C16H23N3O4. The van der Waals surface area contributed by atoms with Gasteiger partial charge in [-0.05, 0) is 38.4 Å². The third-order valence-corrected chi connectivity index (χ3v) is 3.73. The Morgan fingerprint density at radius 2 is 2.09 bits per heavy atom. The zero-order chi connectivity index (χ0) is 16.7. The van der Waals surface area contributed by atoms with Crippen molar-refractivity contribution in [2.75, 3.05) is 31.6 Å². The van der Waals surface area contributed by atoms with E-state index in [-0.39, 0.29) is 23.8 Å². The Morgan fingerprint density at radius 3 is 2.74 bits per heavy atom. The zero-order valence-electron chi connectivity index (χ0n) is 13.4. The lowest BCUT2D eigenvalue weighted by atomic mass is 10.1. The van der Waals surface area contributed by atoms with Crippen molar-refractivity contribution in [1.29, 1.82) is 0 Å². The number of anilines is 1. The Morgan fingerprint density at radius 1 is 1.35 bits per heavy atom. The standard InChI is InChI=1S/C16H23N3O4/c1-2-10-23-13-6-7-15(19(21)22)14(11-13)17-16(20)12-18-8-4-3-5-9-18/h6-7,11H,2-5,8-10,12H2,1H3,(H,17,20). The number of piperidine rings is 1. The average Bonchev–Trinajstić information content (AvgIpc) is 2.53. The third kappa shape index (κ3) is 5.21. The Labute approximate surface area is 135 Å². The van der Waals surface area contributed by atoms with Gasteiger partial charge in [-0.15, -0.1) is 0 Å². The van der Waals surface area contributed by atoms with Crippen LogP contribution in [-0.4, -0.2) is 42.0 Å². The number of carbonyl (C=O) groups excluding carboxylic acids is 1. The molecule has 0 saturated carbocycles. The van der Waals surface area contributed by atoms with Crippen LogP contribution in [0.5, 0.6) is 5.75 Å². The van der Waals surface area contributed by atoms with E-state index in [1.165, 1.54) is 18.6 Å². The average molecular weight is 321 g/mol. The number of carbonyl (C=O) groups is 1. The predicted octanol–water partition coefficient (Wildman–Crippen LogP) is 2.81. The minimum atomic E-state index is -0.500. The van der Waals surface area contributed by atoms with Crippen molar-refractivity contribution in [2.24, 2.45) is 0 Å². The lowest BCUT2D eigenvalue weighted by Crippen LogP contribution is -2.36. The van der Waals surface area contributed by atoms with Crippen molar-refractivity contribution in [1.82, 2.24) is 4.90 Å². The van der Waals surface area contributed by atoms with Crippen LogP contribution in [0.3, 0.4) is 0 Å². The monoisotopic (exact) mass is 321 g/mol. The molecule has 1 N–H and O–H groups in total. The molecule has 0 unspecified atom stereocenters. The van der Waals surface area contributed by atoms with Gasteiger partial charge in [-0.1, -0.05) is 13.3 Å². The highest BCUT2D eigenvalue weighted by Crippen LogP contribution is 2.29. The first-order valence-electron chi connectivity index (χ1n) is 8.03. The van der Waals surface area contributed by atoms with Gasteiger partial charge in [-0.3, -0.25) is 19.8 Å². The molecule has 1 fully saturated rings. The molecule has 7 nitrogen and oxygen atoms in total. The second kappa shape index (κ2) is 8.47. The number of benzene rings is 1. The van der Waals surface area contributed by atoms with E-state index in [9.17, 15) is 14.9 Å². The van der Waals surface area contributed by atoms with Crippen molar-refractivity contribution in [2.45, 2.75) is 32.6 Å². The maximum atomic E-state index is 12.2. The normalized spacial score (nSPS) is 15.2. The van der Waals surface area contributed by atoms with Crippen LogP contribution in [0.2, 0.25) is 0 Å². The summed E-state index contributed by atoms with van der Waals surface area (Å²) >= 11 is 0. The Balaban J connectivity index is 2.05. The Hall–Kier alpha value is -2.15. The van der Waals surface area contributed by atoms with Crippen LogP contribution in [0.4, 0.5) is 11.4 Å². The molecular weight excluding hydrogens is 298 g/mol. The maximum absolute atomic E-state index is 12.2. The highest BCUT2D eigenvalue weighted by atomic mass is 16.6. The zero-order valence-corrected chi connectivity index (χ0v) is 13.4. The van der Waals surface area contributed by atoms with Crippen LogP contribution in [0.1, 0.15) is 32.6 Å². The SMILES string of the molecule is CCCOc1ccc([N+](=O)[O-])c(NC(=O)CN2CCCCC2)c1. The number of nitrogens with zero attached hydrogens (tertiary/aromatic N) is 2. The summed E-state index contributed by atoms with van der Waals surface area (Å²) in [7, 11) is 0. The van der Waals surface area contributed by atoms with Gasteiger partial charge >= 0.3 is 0 Å². The van der Waals surface area contributed by atoms with Gasteiger partial charge in [-0.25, -0.2) is 0 Å². The van der Waals surface area contributed by atoms with Crippen molar-refractivity contribution in [3.63, 3.8) is 0 Å². The van der Waals surface area contributed by atoms with Gasteiger partial charge in [0.15, 0.2) is 0 Å². The van der Waals surface area contributed by atoms with Crippen LogP contribution in [0, 0.1) is 10.1 Å². The van der Waals surface area contributed by atoms with E-state index in [0.717, 1.165) is 32.4 Å². The molecule has 23 heavy (non-hydrogen) atoms. The summed E-state index contributed by atoms with van der Waals surface area (Å²) in [4.78, 5) is 24.9. The quantitative estimate of drug-likeness (QED) is 0.616. The van der Waals surface area contributed by atoms with Crippen LogP contribution in [0.25, 0.3) is 0 Å². The molecule has 0 spiro atoms. The third-order valence-electron chi connectivity index (χ3n) is 3.73. The molecule has 1 aliphatic heterocycles. The van der Waals surface area contributed by atoms with E-state index >= 15 is 0 Å². The van der Waals surface area contributed by atoms with E-state index < -0.39 is 4.92 Å². The molecule has 1 aromatic rings. The van der Waals surface area contributed by atoms with Gasteiger partial charge in [0.05, 0.1) is 18.1 Å². The summed E-state index contributed by atoms with van der Waals surface area (Å²) in [5.41, 5.74) is 0.0615. The largest absolute Gasteiger partial charge is 0.494 e. The number of rotatable bonds is 7. The topological polar surface area (TPSA) is 84.7 Å². The summed E-state index contributed by atoms with van der Waals surface area (Å²) < 4.78 is 5.48. The molecule has 0 bridgehead atoms. The van der Waals surface area contributed by atoms with Gasteiger partial charge in [0.1, 0.15) is 11.4 Å². The number of amides is 1. The lowest BCUT2D eigenvalue weighted by molar-refractivity contribution is -0.383. The lowest BCUT2D eigenvalue weighted by Gasteiger charge is -2.25. The molecule has 7 heteroatoms. The number of nitrogens with one attached hydrogen (secondary N) is 1. The number of hydrogen-bond acceptors (Lipinski definition) is 5. The maximum Gasteiger partial charge on any atom is 0.293 e. The van der Waals surface area contributed by atoms with Crippen LogP contribution < -0.4 is 10.1 Å². The molecule has 0 atom stereocenters. The number of ether oxygens (including phenoxy) is 1. The van der Waals surface area contributed by atoms with E-state index in [1.54, 1.807) is 6.07 Å². The molecule has 0 aromatic heterocycles. The first-order valence-corrected chi connectivity index (χ1v) is 8.03. The van der Waals surface area contributed by atoms with Gasteiger partial charge < -0.3 is 10.1 Å². The van der Waals surface area contributed by atoms with Crippen molar-refractivity contribution < 1.29 is 14.5 Å². The van der Waals surface area contributed by atoms with E-state index in [2.05, 4.69) is 10.2 Å². The fourth-order valence-corrected chi connectivity index (χ4v) is 2.59. The molecule has 0 aliphatic carbocycles.